The fourth-order valence-electron chi connectivity index (χ4n) is 1.16. The SMILES string of the molecule is Cl.Cl/C(=N\c1ccccn1)c1ccccc1. The van der Waals surface area contributed by atoms with Crippen molar-refractivity contribution >= 4 is 35.0 Å². The lowest BCUT2D eigenvalue weighted by Gasteiger charge is -1.97. The Balaban J connectivity index is 0.00000128. The third kappa shape index (κ3) is 3.33. The van der Waals surface area contributed by atoms with Crippen molar-refractivity contribution < 1.29 is 0 Å². The highest BCUT2D eigenvalue weighted by Crippen LogP contribution is 2.11. The number of pyridine rings is 1. The summed E-state index contributed by atoms with van der Waals surface area (Å²) in [4.78, 5) is 8.27. The molecule has 4 heteroatoms. The molecule has 0 aliphatic carbocycles. The summed E-state index contributed by atoms with van der Waals surface area (Å²) in [7, 11) is 0. The summed E-state index contributed by atoms with van der Waals surface area (Å²) < 4.78 is 0. The van der Waals surface area contributed by atoms with Crippen molar-refractivity contribution in [2.45, 2.75) is 0 Å². The maximum absolute atomic E-state index is 6.05. The summed E-state index contributed by atoms with van der Waals surface area (Å²) in [5, 5.41) is 0.453. The van der Waals surface area contributed by atoms with Gasteiger partial charge in [-0.15, -0.1) is 12.4 Å². The van der Waals surface area contributed by atoms with Gasteiger partial charge < -0.3 is 0 Å². The number of hydrogen-bond acceptors (Lipinski definition) is 2. The third-order valence-electron chi connectivity index (χ3n) is 1.87. The summed E-state index contributed by atoms with van der Waals surface area (Å²) in [5.41, 5.74) is 0.893. The van der Waals surface area contributed by atoms with E-state index >= 15 is 0 Å². The summed E-state index contributed by atoms with van der Waals surface area (Å²) in [6.07, 6.45) is 1.69. The molecule has 0 saturated heterocycles. The van der Waals surface area contributed by atoms with Crippen LogP contribution in [0.3, 0.4) is 0 Å². The van der Waals surface area contributed by atoms with Gasteiger partial charge in [-0.25, -0.2) is 9.98 Å². The van der Waals surface area contributed by atoms with Gasteiger partial charge in [-0.3, -0.25) is 0 Å². The maximum Gasteiger partial charge on any atom is 0.153 e. The first-order valence-electron chi connectivity index (χ1n) is 4.57. The smallest absolute Gasteiger partial charge is 0.153 e. The van der Waals surface area contributed by atoms with Crippen LogP contribution >= 0.6 is 24.0 Å². The van der Waals surface area contributed by atoms with Gasteiger partial charge in [0.2, 0.25) is 0 Å². The molecule has 2 nitrogen and oxygen atoms in total. The van der Waals surface area contributed by atoms with E-state index in [1.807, 2.05) is 48.5 Å². The molecule has 0 atom stereocenters. The number of nitrogens with zero attached hydrogens (tertiary/aromatic N) is 2. The van der Waals surface area contributed by atoms with E-state index in [4.69, 9.17) is 11.6 Å². The fourth-order valence-corrected chi connectivity index (χ4v) is 1.37. The van der Waals surface area contributed by atoms with Crippen LogP contribution in [0.5, 0.6) is 0 Å². The van der Waals surface area contributed by atoms with Gasteiger partial charge in [0.15, 0.2) is 5.82 Å². The summed E-state index contributed by atoms with van der Waals surface area (Å²) in [6, 6.07) is 15.1. The van der Waals surface area contributed by atoms with E-state index in [0.717, 1.165) is 5.56 Å². The van der Waals surface area contributed by atoms with Crippen molar-refractivity contribution in [3.8, 4) is 0 Å². The van der Waals surface area contributed by atoms with E-state index in [1.54, 1.807) is 6.20 Å². The Morgan fingerprint density at radius 2 is 1.69 bits per heavy atom. The summed E-state index contributed by atoms with van der Waals surface area (Å²) in [5.74, 6) is 0.617. The van der Waals surface area contributed by atoms with Gasteiger partial charge >= 0.3 is 0 Å². The predicted molar refractivity (Wildman–Crippen MR) is 70.0 cm³/mol. The lowest BCUT2D eigenvalue weighted by atomic mass is 10.2. The fraction of sp³-hybridized carbons (Fsp3) is 0. The highest BCUT2D eigenvalue weighted by atomic mass is 35.5. The van der Waals surface area contributed by atoms with Crippen LogP contribution in [-0.2, 0) is 0 Å². The molecule has 0 aliphatic rings. The van der Waals surface area contributed by atoms with Crippen molar-refractivity contribution in [2.24, 2.45) is 4.99 Å². The van der Waals surface area contributed by atoms with Gasteiger partial charge in [0.25, 0.3) is 0 Å². The normalized spacial score (nSPS) is 10.7. The second-order valence-electron chi connectivity index (χ2n) is 2.96. The van der Waals surface area contributed by atoms with Crippen molar-refractivity contribution in [1.29, 1.82) is 0 Å². The minimum absolute atomic E-state index is 0. The Morgan fingerprint density at radius 1 is 1.00 bits per heavy atom. The molecule has 16 heavy (non-hydrogen) atoms. The number of rotatable bonds is 2. The quantitative estimate of drug-likeness (QED) is 0.747. The molecule has 1 heterocycles. The lowest BCUT2D eigenvalue weighted by molar-refractivity contribution is 1.28. The van der Waals surface area contributed by atoms with E-state index < -0.39 is 0 Å². The molecular formula is C12H10Cl2N2. The minimum Gasteiger partial charge on any atom is -0.237 e. The third-order valence-corrected chi connectivity index (χ3v) is 2.18. The van der Waals surface area contributed by atoms with Crippen LogP contribution in [0.2, 0.25) is 0 Å². The van der Waals surface area contributed by atoms with Gasteiger partial charge in [-0.2, -0.15) is 0 Å². The molecule has 0 spiro atoms. The second kappa shape index (κ2) is 6.26. The minimum atomic E-state index is 0. The molecule has 82 valence electrons. The van der Waals surface area contributed by atoms with E-state index in [-0.39, 0.29) is 12.4 Å². The van der Waals surface area contributed by atoms with E-state index in [9.17, 15) is 0 Å². The van der Waals surface area contributed by atoms with E-state index in [0.29, 0.717) is 11.0 Å². The van der Waals surface area contributed by atoms with Crippen molar-refractivity contribution in [2.75, 3.05) is 0 Å². The predicted octanol–water partition coefficient (Wildman–Crippen LogP) is 3.82. The van der Waals surface area contributed by atoms with Crippen molar-refractivity contribution in [3.63, 3.8) is 0 Å². The van der Waals surface area contributed by atoms with Crippen LogP contribution < -0.4 is 0 Å². The highest BCUT2D eigenvalue weighted by molar-refractivity contribution is 6.69. The van der Waals surface area contributed by atoms with Gasteiger partial charge in [-0.05, 0) is 12.1 Å². The van der Waals surface area contributed by atoms with Crippen LogP contribution in [-0.4, -0.2) is 10.2 Å². The van der Waals surface area contributed by atoms with Crippen LogP contribution in [0, 0.1) is 0 Å². The molecule has 0 saturated carbocycles. The number of benzene rings is 1. The number of aromatic nitrogens is 1. The number of hydrogen-bond donors (Lipinski definition) is 0. The first kappa shape index (κ1) is 12.7. The maximum atomic E-state index is 6.05. The van der Waals surface area contributed by atoms with Gasteiger partial charge in [-0.1, -0.05) is 48.0 Å². The second-order valence-corrected chi connectivity index (χ2v) is 3.31. The van der Waals surface area contributed by atoms with Gasteiger partial charge in [0, 0.05) is 11.8 Å². The molecule has 0 amide bonds. The zero-order valence-corrected chi connectivity index (χ0v) is 9.95. The van der Waals surface area contributed by atoms with E-state index in [1.165, 1.54) is 0 Å². The summed E-state index contributed by atoms with van der Waals surface area (Å²) >= 11 is 6.05. The molecule has 0 bridgehead atoms. The molecule has 0 aliphatic heterocycles. The zero-order chi connectivity index (χ0) is 10.5. The largest absolute Gasteiger partial charge is 0.237 e. The average molecular weight is 253 g/mol. The Labute approximate surface area is 105 Å². The highest BCUT2D eigenvalue weighted by Gasteiger charge is 1.98. The van der Waals surface area contributed by atoms with E-state index in [2.05, 4.69) is 9.98 Å². The van der Waals surface area contributed by atoms with Crippen LogP contribution in [0.25, 0.3) is 0 Å². The Kier molecular flexibility index (Phi) is 4.96. The molecule has 2 aromatic rings. The topological polar surface area (TPSA) is 25.2 Å². The molecule has 0 unspecified atom stereocenters. The average Bonchev–Trinajstić information content (AvgIpc) is 2.31. The number of halogens is 2. The van der Waals surface area contributed by atoms with Crippen molar-refractivity contribution in [3.05, 3.63) is 60.3 Å². The standard InChI is InChI=1S/C12H9ClN2.ClH/c13-12(10-6-2-1-3-7-10)15-11-8-4-5-9-14-11;/h1-9H;1H/b15-12-;. The van der Waals surface area contributed by atoms with Gasteiger partial charge in [0.05, 0.1) is 0 Å². The first-order valence-corrected chi connectivity index (χ1v) is 4.95. The Morgan fingerprint density at radius 3 is 2.31 bits per heavy atom. The molecule has 0 fully saturated rings. The van der Waals surface area contributed by atoms with Crippen LogP contribution in [0.4, 0.5) is 5.82 Å². The molecular weight excluding hydrogens is 243 g/mol. The molecule has 1 aromatic carbocycles. The molecule has 0 N–H and O–H groups in total. The molecule has 2 rings (SSSR count). The molecule has 0 radical (unpaired) electrons. The zero-order valence-electron chi connectivity index (χ0n) is 8.38. The lowest BCUT2D eigenvalue weighted by Crippen LogP contribution is -1.89. The molecule has 1 aromatic heterocycles. The van der Waals surface area contributed by atoms with Crippen molar-refractivity contribution in [1.82, 2.24) is 4.98 Å². The monoisotopic (exact) mass is 252 g/mol. The number of aliphatic imine (C=N–C) groups is 1. The summed E-state index contributed by atoms with van der Waals surface area (Å²) in [6.45, 7) is 0. The first-order chi connectivity index (χ1) is 7.36. The van der Waals surface area contributed by atoms with Crippen LogP contribution in [0.15, 0.2) is 59.7 Å². The van der Waals surface area contributed by atoms with Crippen LogP contribution in [0.1, 0.15) is 5.56 Å². The van der Waals surface area contributed by atoms with Gasteiger partial charge in [0.1, 0.15) is 5.17 Å². The Hall–Kier alpha value is -1.38. The Bertz CT molecular complexity index is 455.